The normalized spacial score (nSPS) is 19.6. The van der Waals surface area contributed by atoms with Crippen LogP contribution < -0.4 is 0 Å². The van der Waals surface area contributed by atoms with E-state index in [4.69, 9.17) is 30.5 Å². The van der Waals surface area contributed by atoms with E-state index in [1.165, 1.54) is 13.8 Å². The highest BCUT2D eigenvalue weighted by Gasteiger charge is 2.33. The summed E-state index contributed by atoms with van der Waals surface area (Å²) in [5.74, 6) is 5.28. The molecule has 0 aromatic heterocycles. The fourth-order valence-electron chi connectivity index (χ4n) is 3.90. The molecule has 0 spiro atoms. The maximum absolute atomic E-state index is 11.5. The minimum atomic E-state index is -0.376. The van der Waals surface area contributed by atoms with Crippen molar-refractivity contribution >= 4 is 23.5 Å². The Kier molecular flexibility index (Phi) is 9.52. The lowest BCUT2D eigenvalue weighted by molar-refractivity contribution is -0.169. The number of ether oxygens (including phenoxy) is 4. The molecule has 1 heterocycles. The molecule has 3 atom stereocenters. The molecule has 0 aliphatic carbocycles. The zero-order valence-electron chi connectivity index (χ0n) is 19.6. The van der Waals surface area contributed by atoms with Crippen molar-refractivity contribution in [2.45, 2.75) is 51.4 Å². The third kappa shape index (κ3) is 7.88. The van der Waals surface area contributed by atoms with E-state index in [9.17, 15) is 9.59 Å². The highest BCUT2D eigenvalue weighted by atomic mass is 35.5. The van der Waals surface area contributed by atoms with Gasteiger partial charge in [0.1, 0.15) is 19.3 Å². The van der Waals surface area contributed by atoms with Crippen molar-refractivity contribution in [3.63, 3.8) is 0 Å². The largest absolute Gasteiger partial charge is 0.463 e. The van der Waals surface area contributed by atoms with E-state index in [1.54, 1.807) is 7.11 Å². The Labute approximate surface area is 205 Å². The summed E-state index contributed by atoms with van der Waals surface area (Å²) in [6, 6.07) is 13.8. The average molecular weight is 485 g/mol. The van der Waals surface area contributed by atoms with Crippen molar-refractivity contribution in [1.82, 2.24) is 0 Å². The average Bonchev–Trinajstić information content (AvgIpc) is 2.80. The summed E-state index contributed by atoms with van der Waals surface area (Å²) in [6.45, 7) is 3.26. The van der Waals surface area contributed by atoms with E-state index < -0.39 is 0 Å². The number of halogens is 1. The van der Waals surface area contributed by atoms with Crippen molar-refractivity contribution in [1.29, 1.82) is 0 Å². The molecule has 0 amide bonds. The van der Waals surface area contributed by atoms with E-state index in [0.717, 1.165) is 22.3 Å². The molecule has 2 aromatic rings. The van der Waals surface area contributed by atoms with Gasteiger partial charge in [-0.3, -0.25) is 9.59 Å². The summed E-state index contributed by atoms with van der Waals surface area (Å²) >= 11 is 6.51. The number of methoxy groups -OCH3 is 1. The van der Waals surface area contributed by atoms with E-state index in [1.807, 2.05) is 42.5 Å². The third-order valence-electron chi connectivity index (χ3n) is 5.40. The number of benzene rings is 2. The second-order valence-electron chi connectivity index (χ2n) is 8.21. The summed E-state index contributed by atoms with van der Waals surface area (Å²) in [6.07, 6.45) is 0.652. The highest BCUT2D eigenvalue weighted by Crippen LogP contribution is 2.35. The van der Waals surface area contributed by atoms with E-state index >= 15 is 0 Å². The molecule has 6 nitrogen and oxygen atoms in total. The summed E-state index contributed by atoms with van der Waals surface area (Å²) in [5, 5.41) is 0.663. The van der Waals surface area contributed by atoms with Crippen molar-refractivity contribution in [3.05, 3.63) is 69.7 Å². The summed E-state index contributed by atoms with van der Waals surface area (Å²) in [5.41, 5.74) is 3.93. The van der Waals surface area contributed by atoms with Gasteiger partial charge in [-0.1, -0.05) is 47.7 Å². The first-order valence-electron chi connectivity index (χ1n) is 11.1. The Morgan fingerprint density at radius 1 is 1.09 bits per heavy atom. The molecule has 2 aromatic carbocycles. The molecule has 34 heavy (non-hydrogen) atoms. The van der Waals surface area contributed by atoms with Crippen LogP contribution in [0.5, 0.6) is 0 Å². The SMILES string of the molecule is COCC#Cc1ccc(Cc2cc(C3CC(OC(C)=O)CC(COC(C)=O)O3)ccc2Cl)cc1. The van der Waals surface area contributed by atoms with Crippen LogP contribution >= 0.6 is 11.6 Å². The van der Waals surface area contributed by atoms with Crippen molar-refractivity contribution < 1.29 is 28.5 Å². The van der Waals surface area contributed by atoms with Crippen LogP contribution in [0.4, 0.5) is 0 Å². The summed E-state index contributed by atoms with van der Waals surface area (Å²) in [4.78, 5) is 22.8. The molecule has 0 saturated carbocycles. The fourth-order valence-corrected chi connectivity index (χ4v) is 4.09. The third-order valence-corrected chi connectivity index (χ3v) is 5.77. The van der Waals surface area contributed by atoms with Crippen LogP contribution in [0.1, 0.15) is 55.0 Å². The van der Waals surface area contributed by atoms with E-state index in [0.29, 0.717) is 30.9 Å². The van der Waals surface area contributed by atoms with Crippen LogP contribution in [0, 0.1) is 11.8 Å². The Morgan fingerprint density at radius 3 is 2.53 bits per heavy atom. The zero-order valence-corrected chi connectivity index (χ0v) is 20.4. The van der Waals surface area contributed by atoms with Crippen LogP contribution in [-0.4, -0.2) is 44.5 Å². The second kappa shape index (κ2) is 12.6. The Morgan fingerprint density at radius 2 is 1.85 bits per heavy atom. The zero-order chi connectivity index (χ0) is 24.5. The lowest BCUT2D eigenvalue weighted by atomic mass is 9.93. The molecule has 180 valence electrons. The first-order chi connectivity index (χ1) is 16.3. The van der Waals surface area contributed by atoms with Crippen molar-refractivity contribution in [2.24, 2.45) is 0 Å². The lowest BCUT2D eigenvalue weighted by Gasteiger charge is -2.35. The van der Waals surface area contributed by atoms with Crippen LogP contribution in [0.15, 0.2) is 42.5 Å². The highest BCUT2D eigenvalue weighted by molar-refractivity contribution is 6.31. The maximum Gasteiger partial charge on any atom is 0.302 e. The lowest BCUT2D eigenvalue weighted by Crippen LogP contribution is -2.36. The quantitative estimate of drug-likeness (QED) is 0.421. The molecular weight excluding hydrogens is 456 g/mol. The van der Waals surface area contributed by atoms with Gasteiger partial charge in [0.2, 0.25) is 0 Å². The first-order valence-corrected chi connectivity index (χ1v) is 11.5. The molecule has 1 aliphatic rings. The monoisotopic (exact) mass is 484 g/mol. The molecule has 3 rings (SSSR count). The Balaban J connectivity index is 1.76. The Hall–Kier alpha value is -2.85. The predicted molar refractivity (Wildman–Crippen MR) is 128 cm³/mol. The van der Waals surface area contributed by atoms with Gasteiger partial charge < -0.3 is 18.9 Å². The van der Waals surface area contributed by atoms with Gasteiger partial charge in [0.25, 0.3) is 0 Å². The molecule has 0 N–H and O–H groups in total. The number of rotatable bonds is 7. The van der Waals surface area contributed by atoms with Gasteiger partial charge in [-0.25, -0.2) is 0 Å². The maximum atomic E-state index is 11.5. The number of carbonyl (C=O) groups excluding carboxylic acids is 2. The standard InChI is InChI=1S/C27H29ClO6/c1-18(29)32-17-25-15-24(33-19(2)30)16-27(34-25)22-10-11-26(28)23(14-22)13-21-8-6-20(7-9-21)5-4-12-31-3/h6-11,14,24-25,27H,12-13,15-17H2,1-3H3. The van der Waals surface area contributed by atoms with Gasteiger partial charge in [-0.05, 0) is 41.3 Å². The van der Waals surface area contributed by atoms with E-state index in [-0.39, 0.29) is 36.9 Å². The van der Waals surface area contributed by atoms with Crippen molar-refractivity contribution in [3.8, 4) is 11.8 Å². The molecule has 0 radical (unpaired) electrons. The minimum absolute atomic E-state index is 0.115. The van der Waals surface area contributed by atoms with Gasteiger partial charge in [0.05, 0.1) is 12.2 Å². The molecule has 0 bridgehead atoms. The number of hydrogen-bond donors (Lipinski definition) is 0. The number of hydrogen-bond acceptors (Lipinski definition) is 6. The number of esters is 2. The smallest absolute Gasteiger partial charge is 0.302 e. The fraction of sp³-hybridized carbons (Fsp3) is 0.407. The van der Waals surface area contributed by atoms with Gasteiger partial charge in [-0.2, -0.15) is 0 Å². The van der Waals surface area contributed by atoms with Crippen LogP contribution in [-0.2, 0) is 35.0 Å². The van der Waals surface area contributed by atoms with E-state index in [2.05, 4.69) is 11.8 Å². The number of carbonyl (C=O) groups is 2. The van der Waals surface area contributed by atoms with Gasteiger partial charge >= 0.3 is 11.9 Å². The molecule has 1 fully saturated rings. The Bertz CT molecular complexity index is 1050. The molecule has 7 heteroatoms. The van der Waals surface area contributed by atoms with Crippen molar-refractivity contribution in [2.75, 3.05) is 20.3 Å². The topological polar surface area (TPSA) is 71.1 Å². The molecular formula is C27H29ClO6. The predicted octanol–water partition coefficient (Wildman–Crippen LogP) is 4.64. The van der Waals surface area contributed by atoms with Crippen LogP contribution in [0.2, 0.25) is 5.02 Å². The van der Waals surface area contributed by atoms with Gasteiger partial charge in [0.15, 0.2) is 0 Å². The van der Waals surface area contributed by atoms with Gasteiger partial charge in [-0.15, -0.1) is 0 Å². The molecule has 3 unspecified atom stereocenters. The molecule has 1 saturated heterocycles. The second-order valence-corrected chi connectivity index (χ2v) is 8.62. The van der Waals surface area contributed by atoms with Crippen LogP contribution in [0.25, 0.3) is 0 Å². The summed E-state index contributed by atoms with van der Waals surface area (Å²) < 4.78 is 21.8. The summed E-state index contributed by atoms with van der Waals surface area (Å²) in [7, 11) is 1.62. The molecule has 1 aliphatic heterocycles. The van der Waals surface area contributed by atoms with Gasteiger partial charge in [0, 0.05) is 44.4 Å². The van der Waals surface area contributed by atoms with Crippen LogP contribution in [0.3, 0.4) is 0 Å². The minimum Gasteiger partial charge on any atom is -0.463 e. The first kappa shape index (κ1) is 25.8.